The van der Waals surface area contributed by atoms with Crippen LogP contribution in [-0.4, -0.2) is 14.9 Å². The summed E-state index contributed by atoms with van der Waals surface area (Å²) in [5.41, 5.74) is 1.01. The van der Waals surface area contributed by atoms with Crippen LogP contribution >= 0.6 is 11.6 Å². The van der Waals surface area contributed by atoms with Gasteiger partial charge in [-0.2, -0.15) is 0 Å². The molecule has 3 aromatic rings. The summed E-state index contributed by atoms with van der Waals surface area (Å²) in [4.78, 5) is 0. The number of rotatable bonds is 6. The molecule has 0 bridgehead atoms. The van der Waals surface area contributed by atoms with Gasteiger partial charge in [0.15, 0.2) is 0 Å². The second kappa shape index (κ2) is 8.91. The molecule has 0 aliphatic rings. The lowest BCUT2D eigenvalue weighted by Crippen LogP contribution is -2.66. The van der Waals surface area contributed by atoms with Crippen LogP contribution in [0, 0.1) is 0 Å². The van der Waals surface area contributed by atoms with Gasteiger partial charge in [-0.05, 0) is 27.1 Å². The molecule has 0 radical (unpaired) electrons. The maximum Gasteiger partial charge on any atom is 0.261 e. The zero-order chi connectivity index (χ0) is 20.0. The van der Waals surface area contributed by atoms with E-state index in [9.17, 15) is 0 Å². The van der Waals surface area contributed by atoms with Crippen LogP contribution in [0.25, 0.3) is 5.03 Å². The first-order valence-corrected chi connectivity index (χ1v) is 11.9. The Bertz CT molecular complexity index is 860. The largest absolute Gasteiger partial charge is 0.404 e. The minimum Gasteiger partial charge on any atom is -0.404 e. The first-order valence-electron chi connectivity index (χ1n) is 9.61. The van der Waals surface area contributed by atoms with E-state index in [1.54, 1.807) is 0 Å². The molecule has 0 amide bonds. The fourth-order valence-electron chi connectivity index (χ4n) is 3.72. The van der Waals surface area contributed by atoms with E-state index >= 15 is 0 Å². The molecule has 0 aliphatic heterocycles. The van der Waals surface area contributed by atoms with E-state index in [0.29, 0.717) is 6.61 Å². The van der Waals surface area contributed by atoms with Crippen molar-refractivity contribution in [3.05, 3.63) is 103 Å². The average molecular weight is 407 g/mol. The zero-order valence-corrected chi connectivity index (χ0v) is 18.5. The molecule has 3 aromatic carbocycles. The maximum absolute atomic E-state index is 6.84. The van der Waals surface area contributed by atoms with E-state index in [0.717, 1.165) is 10.6 Å². The molecule has 1 nitrogen and oxygen atoms in total. The van der Waals surface area contributed by atoms with Crippen molar-refractivity contribution in [2.24, 2.45) is 0 Å². The van der Waals surface area contributed by atoms with Gasteiger partial charge >= 0.3 is 0 Å². The topological polar surface area (TPSA) is 9.23 Å². The molecule has 0 atom stereocenters. The summed E-state index contributed by atoms with van der Waals surface area (Å²) < 4.78 is 6.84. The summed E-state index contributed by atoms with van der Waals surface area (Å²) in [5.74, 6) is 0. The second-order valence-electron chi connectivity index (χ2n) is 7.89. The van der Waals surface area contributed by atoms with E-state index in [4.69, 9.17) is 16.0 Å². The molecule has 144 valence electrons. The molecular formula is C25H27ClOSi. The molecule has 0 saturated heterocycles. The number of halogens is 1. The summed E-state index contributed by atoms with van der Waals surface area (Å²) in [6.45, 7) is 7.31. The molecule has 3 heteroatoms. The van der Waals surface area contributed by atoms with Crippen molar-refractivity contribution in [2.75, 3.05) is 6.61 Å². The zero-order valence-electron chi connectivity index (χ0n) is 16.7. The van der Waals surface area contributed by atoms with E-state index in [1.165, 1.54) is 10.4 Å². The van der Waals surface area contributed by atoms with Crippen molar-refractivity contribution in [2.45, 2.75) is 25.8 Å². The van der Waals surface area contributed by atoms with Gasteiger partial charge in [0.05, 0.1) is 6.61 Å². The van der Waals surface area contributed by atoms with Gasteiger partial charge in [-0.1, -0.05) is 123 Å². The van der Waals surface area contributed by atoms with Crippen LogP contribution in [0.4, 0.5) is 0 Å². The van der Waals surface area contributed by atoms with Gasteiger partial charge in [0.2, 0.25) is 0 Å². The van der Waals surface area contributed by atoms with Gasteiger partial charge in [-0.3, -0.25) is 0 Å². The summed E-state index contributed by atoms with van der Waals surface area (Å²) >= 11 is 6.54. The third kappa shape index (κ3) is 4.30. The van der Waals surface area contributed by atoms with Crippen molar-refractivity contribution < 1.29 is 4.43 Å². The van der Waals surface area contributed by atoms with E-state index in [-0.39, 0.29) is 5.04 Å². The van der Waals surface area contributed by atoms with Crippen LogP contribution in [0.15, 0.2) is 97.1 Å². The van der Waals surface area contributed by atoms with Crippen molar-refractivity contribution >= 4 is 35.3 Å². The Morgan fingerprint density at radius 1 is 0.786 bits per heavy atom. The highest BCUT2D eigenvalue weighted by Crippen LogP contribution is 2.36. The standard InChI is InChI=1S/C25H27ClOSi/c1-25(2,3)28(22-15-9-5-10-16-22,23-17-11-6-12-18-23)27-20-19-24(26)21-13-7-4-8-14-21/h4-19H,20H2,1-3H3/b24-19+. The van der Waals surface area contributed by atoms with Gasteiger partial charge in [0, 0.05) is 5.03 Å². The Balaban J connectivity index is 2.02. The summed E-state index contributed by atoms with van der Waals surface area (Å²) in [7, 11) is -2.52. The minimum atomic E-state index is -2.52. The SMILES string of the molecule is CC(C)(C)[Si](OC/C=C(/Cl)c1ccccc1)(c1ccccc1)c1ccccc1. The highest BCUT2D eigenvalue weighted by atomic mass is 35.5. The third-order valence-corrected chi connectivity index (χ3v) is 10.4. The molecule has 0 aliphatic carbocycles. The molecule has 0 fully saturated rings. The van der Waals surface area contributed by atoms with E-state index < -0.39 is 8.32 Å². The minimum absolute atomic E-state index is 0.0389. The monoisotopic (exact) mass is 406 g/mol. The lowest BCUT2D eigenvalue weighted by atomic mass is 10.2. The fraction of sp³-hybridized carbons (Fsp3) is 0.200. The molecule has 0 N–H and O–H groups in total. The Morgan fingerprint density at radius 3 is 1.64 bits per heavy atom. The van der Waals surface area contributed by atoms with Crippen molar-refractivity contribution in [3.63, 3.8) is 0 Å². The molecule has 0 heterocycles. The summed E-state index contributed by atoms with van der Waals surface area (Å²) in [6, 6.07) is 31.3. The van der Waals surface area contributed by atoms with E-state index in [1.807, 2.05) is 36.4 Å². The lowest BCUT2D eigenvalue weighted by Gasteiger charge is -2.42. The van der Waals surface area contributed by atoms with Gasteiger partial charge in [0.1, 0.15) is 0 Å². The number of hydrogen-bond acceptors (Lipinski definition) is 1. The van der Waals surface area contributed by atoms with Crippen LogP contribution in [0.3, 0.4) is 0 Å². The Kier molecular flexibility index (Phi) is 6.56. The van der Waals surface area contributed by atoms with Crippen LogP contribution in [0.1, 0.15) is 26.3 Å². The molecule has 0 unspecified atom stereocenters. The Labute approximate surface area is 174 Å². The molecular weight excluding hydrogens is 380 g/mol. The van der Waals surface area contributed by atoms with E-state index in [2.05, 4.69) is 81.4 Å². The van der Waals surface area contributed by atoms with Crippen LogP contribution in [0.2, 0.25) is 5.04 Å². The van der Waals surface area contributed by atoms with Crippen molar-refractivity contribution in [1.82, 2.24) is 0 Å². The van der Waals surface area contributed by atoms with Crippen molar-refractivity contribution in [3.8, 4) is 0 Å². The van der Waals surface area contributed by atoms with Gasteiger partial charge in [-0.15, -0.1) is 0 Å². The third-order valence-electron chi connectivity index (χ3n) is 5.03. The van der Waals surface area contributed by atoms with Gasteiger partial charge in [-0.25, -0.2) is 0 Å². The van der Waals surface area contributed by atoms with Crippen molar-refractivity contribution in [1.29, 1.82) is 0 Å². The van der Waals surface area contributed by atoms with Crippen LogP contribution in [-0.2, 0) is 4.43 Å². The molecule has 28 heavy (non-hydrogen) atoms. The molecule has 0 spiro atoms. The highest BCUT2D eigenvalue weighted by molar-refractivity contribution is 6.99. The molecule has 0 saturated carbocycles. The molecule has 3 rings (SSSR count). The highest BCUT2D eigenvalue weighted by Gasteiger charge is 2.49. The predicted molar refractivity (Wildman–Crippen MR) is 124 cm³/mol. The maximum atomic E-state index is 6.84. The predicted octanol–water partition coefficient (Wildman–Crippen LogP) is 5.84. The fourth-order valence-corrected chi connectivity index (χ4v) is 8.39. The quantitative estimate of drug-likeness (QED) is 0.467. The first kappa shape index (κ1) is 20.6. The van der Waals surface area contributed by atoms with Crippen LogP contribution in [0.5, 0.6) is 0 Å². The molecule has 0 aromatic heterocycles. The summed E-state index contributed by atoms with van der Waals surface area (Å²) in [5, 5.41) is 3.23. The first-order chi connectivity index (χ1) is 13.4. The average Bonchev–Trinajstić information content (AvgIpc) is 2.72. The number of benzene rings is 3. The van der Waals surface area contributed by atoms with Crippen LogP contribution < -0.4 is 10.4 Å². The normalized spacial score (nSPS) is 12.8. The lowest BCUT2D eigenvalue weighted by molar-refractivity contribution is 0.340. The van der Waals surface area contributed by atoms with Gasteiger partial charge in [0.25, 0.3) is 8.32 Å². The smallest absolute Gasteiger partial charge is 0.261 e. The Morgan fingerprint density at radius 2 is 1.21 bits per heavy atom. The Hall–Kier alpha value is -2.13. The van der Waals surface area contributed by atoms with Gasteiger partial charge < -0.3 is 4.43 Å². The second-order valence-corrected chi connectivity index (χ2v) is 12.6. The summed E-state index contributed by atoms with van der Waals surface area (Å²) in [6.07, 6.45) is 1.98. The number of hydrogen-bond donors (Lipinski definition) is 0.